The first-order valence-electron chi connectivity index (χ1n) is 5.15. The molecule has 0 aromatic carbocycles. The standard InChI is InChI=1S/C10H16Cl4O2/c1-9(2,6-8-15-3-4-16-8)7(11)5-10(12,13)14/h7-8H,3-6H2,1-2H3. The topological polar surface area (TPSA) is 18.5 Å². The molecule has 1 heterocycles. The van der Waals surface area contributed by atoms with E-state index in [-0.39, 0.29) is 17.1 Å². The molecule has 0 radical (unpaired) electrons. The molecule has 1 aliphatic heterocycles. The smallest absolute Gasteiger partial charge is 0.192 e. The molecule has 0 N–H and O–H groups in total. The van der Waals surface area contributed by atoms with Gasteiger partial charge in [0.25, 0.3) is 0 Å². The van der Waals surface area contributed by atoms with E-state index in [1.165, 1.54) is 0 Å². The fourth-order valence-corrected chi connectivity index (χ4v) is 2.58. The summed E-state index contributed by atoms with van der Waals surface area (Å²) in [5, 5.41) is -0.243. The first-order valence-corrected chi connectivity index (χ1v) is 6.72. The molecule has 0 saturated carbocycles. The Labute approximate surface area is 116 Å². The minimum atomic E-state index is -1.32. The van der Waals surface area contributed by atoms with Gasteiger partial charge in [-0.25, -0.2) is 0 Å². The molecule has 2 nitrogen and oxygen atoms in total. The van der Waals surface area contributed by atoms with Crippen molar-refractivity contribution in [3.05, 3.63) is 0 Å². The summed E-state index contributed by atoms with van der Waals surface area (Å²) in [6.45, 7) is 5.31. The van der Waals surface area contributed by atoms with Crippen LogP contribution in [0.3, 0.4) is 0 Å². The highest BCUT2D eigenvalue weighted by atomic mass is 35.6. The van der Waals surface area contributed by atoms with E-state index in [1.54, 1.807) is 0 Å². The van der Waals surface area contributed by atoms with Crippen molar-refractivity contribution in [2.75, 3.05) is 13.2 Å². The number of hydrogen-bond donors (Lipinski definition) is 0. The van der Waals surface area contributed by atoms with E-state index in [0.717, 1.165) is 0 Å². The van der Waals surface area contributed by atoms with Gasteiger partial charge < -0.3 is 9.47 Å². The molecular weight excluding hydrogens is 294 g/mol. The van der Waals surface area contributed by atoms with Gasteiger partial charge in [-0.2, -0.15) is 0 Å². The van der Waals surface area contributed by atoms with E-state index >= 15 is 0 Å². The van der Waals surface area contributed by atoms with Gasteiger partial charge in [-0.05, 0) is 5.41 Å². The molecule has 96 valence electrons. The molecular formula is C10H16Cl4O2. The summed E-state index contributed by atoms with van der Waals surface area (Å²) >= 11 is 23.5. The van der Waals surface area contributed by atoms with Gasteiger partial charge in [0.2, 0.25) is 0 Å². The van der Waals surface area contributed by atoms with E-state index in [0.29, 0.717) is 26.1 Å². The second kappa shape index (κ2) is 5.81. The van der Waals surface area contributed by atoms with Crippen LogP contribution >= 0.6 is 46.4 Å². The highest BCUT2D eigenvalue weighted by Gasteiger charge is 2.37. The maximum Gasteiger partial charge on any atom is 0.192 e. The molecule has 16 heavy (non-hydrogen) atoms. The zero-order valence-electron chi connectivity index (χ0n) is 9.31. The molecule has 1 fully saturated rings. The molecule has 0 aromatic heterocycles. The highest BCUT2D eigenvalue weighted by molar-refractivity contribution is 6.67. The third-order valence-electron chi connectivity index (χ3n) is 2.64. The molecule has 0 amide bonds. The minimum absolute atomic E-state index is 0.188. The normalized spacial score (nSPS) is 21.4. The Kier molecular flexibility index (Phi) is 5.50. The summed E-state index contributed by atoms with van der Waals surface area (Å²) in [6.07, 6.45) is 0.813. The van der Waals surface area contributed by atoms with E-state index in [1.807, 2.05) is 13.8 Å². The zero-order chi connectivity index (χ0) is 12.4. The first kappa shape index (κ1) is 15.1. The predicted octanol–water partition coefficient (Wildman–Crippen LogP) is 4.14. The van der Waals surface area contributed by atoms with Crippen molar-refractivity contribution in [3.63, 3.8) is 0 Å². The van der Waals surface area contributed by atoms with Crippen LogP contribution in [0.4, 0.5) is 0 Å². The van der Waals surface area contributed by atoms with Crippen LogP contribution in [0.15, 0.2) is 0 Å². The number of hydrogen-bond acceptors (Lipinski definition) is 2. The number of rotatable bonds is 4. The number of alkyl halides is 4. The fourth-order valence-electron chi connectivity index (χ4n) is 1.56. The lowest BCUT2D eigenvalue weighted by atomic mass is 9.84. The predicted molar refractivity (Wildman–Crippen MR) is 68.6 cm³/mol. The van der Waals surface area contributed by atoms with Gasteiger partial charge in [0.15, 0.2) is 10.1 Å². The quantitative estimate of drug-likeness (QED) is 0.727. The maximum atomic E-state index is 6.27. The molecule has 1 unspecified atom stereocenters. The van der Waals surface area contributed by atoms with Crippen LogP contribution in [0.5, 0.6) is 0 Å². The van der Waals surface area contributed by atoms with Gasteiger partial charge >= 0.3 is 0 Å². The Bertz CT molecular complexity index is 221. The highest BCUT2D eigenvalue weighted by Crippen LogP contribution is 2.41. The summed E-state index contributed by atoms with van der Waals surface area (Å²) in [5.74, 6) is 0. The van der Waals surface area contributed by atoms with Crippen molar-refractivity contribution in [3.8, 4) is 0 Å². The molecule has 6 heteroatoms. The Balaban J connectivity index is 2.47. The summed E-state index contributed by atoms with van der Waals surface area (Å²) < 4.78 is 9.46. The monoisotopic (exact) mass is 308 g/mol. The van der Waals surface area contributed by atoms with Gasteiger partial charge in [0.1, 0.15) is 0 Å². The molecule has 0 aromatic rings. The van der Waals surface area contributed by atoms with Crippen molar-refractivity contribution >= 4 is 46.4 Å². The van der Waals surface area contributed by atoms with Gasteiger partial charge in [0.05, 0.1) is 13.2 Å². The van der Waals surface area contributed by atoms with E-state index < -0.39 is 3.79 Å². The summed E-state index contributed by atoms with van der Waals surface area (Å²) in [6, 6.07) is 0. The van der Waals surface area contributed by atoms with Crippen molar-refractivity contribution < 1.29 is 9.47 Å². The summed E-state index contributed by atoms with van der Waals surface area (Å²) in [5.41, 5.74) is -0.208. The second-order valence-electron chi connectivity index (χ2n) is 4.65. The van der Waals surface area contributed by atoms with Crippen LogP contribution in [0, 0.1) is 5.41 Å². The van der Waals surface area contributed by atoms with Crippen LogP contribution in [-0.2, 0) is 9.47 Å². The van der Waals surface area contributed by atoms with Crippen LogP contribution in [0.2, 0.25) is 0 Å². The van der Waals surface area contributed by atoms with E-state index in [9.17, 15) is 0 Å². The van der Waals surface area contributed by atoms with Crippen molar-refractivity contribution in [2.24, 2.45) is 5.41 Å². The Morgan fingerprint density at radius 1 is 1.19 bits per heavy atom. The summed E-state index contributed by atoms with van der Waals surface area (Å²) in [7, 11) is 0. The molecule has 1 aliphatic rings. The second-order valence-corrected chi connectivity index (χ2v) is 7.69. The van der Waals surface area contributed by atoms with Crippen molar-refractivity contribution in [1.82, 2.24) is 0 Å². The largest absolute Gasteiger partial charge is 0.350 e. The third-order valence-corrected chi connectivity index (χ3v) is 3.85. The lowest BCUT2D eigenvalue weighted by molar-refractivity contribution is -0.0686. The SMILES string of the molecule is CC(C)(CC1OCCO1)C(Cl)CC(Cl)(Cl)Cl. The van der Waals surface area contributed by atoms with Crippen molar-refractivity contribution in [1.29, 1.82) is 0 Å². The average Bonchev–Trinajstić information content (AvgIpc) is 2.52. The fraction of sp³-hybridized carbons (Fsp3) is 1.00. The summed E-state index contributed by atoms with van der Waals surface area (Å²) in [4.78, 5) is 0. The molecule has 1 atom stereocenters. The Hall–Kier alpha value is 1.08. The van der Waals surface area contributed by atoms with Crippen LogP contribution in [0.1, 0.15) is 26.7 Å². The van der Waals surface area contributed by atoms with Gasteiger partial charge in [-0.3, -0.25) is 0 Å². The van der Waals surface area contributed by atoms with Crippen LogP contribution in [0.25, 0.3) is 0 Å². The lowest BCUT2D eigenvalue weighted by Crippen LogP contribution is -2.32. The number of halogens is 4. The van der Waals surface area contributed by atoms with Gasteiger partial charge in [-0.1, -0.05) is 48.7 Å². The lowest BCUT2D eigenvalue weighted by Gasteiger charge is -2.33. The number of ether oxygens (including phenoxy) is 2. The Morgan fingerprint density at radius 2 is 1.69 bits per heavy atom. The van der Waals surface area contributed by atoms with Crippen LogP contribution in [-0.4, -0.2) is 28.7 Å². The average molecular weight is 310 g/mol. The van der Waals surface area contributed by atoms with Gasteiger partial charge in [0, 0.05) is 18.2 Å². The van der Waals surface area contributed by atoms with Gasteiger partial charge in [-0.15, -0.1) is 11.6 Å². The molecule has 1 saturated heterocycles. The molecule has 1 rings (SSSR count). The van der Waals surface area contributed by atoms with E-state index in [2.05, 4.69) is 0 Å². The first-order chi connectivity index (χ1) is 7.21. The third kappa shape index (κ3) is 5.16. The molecule has 0 aliphatic carbocycles. The van der Waals surface area contributed by atoms with Crippen LogP contribution < -0.4 is 0 Å². The molecule has 0 spiro atoms. The Morgan fingerprint density at radius 3 is 2.12 bits per heavy atom. The zero-order valence-corrected chi connectivity index (χ0v) is 12.3. The van der Waals surface area contributed by atoms with Crippen molar-refractivity contribution in [2.45, 2.75) is 42.1 Å². The minimum Gasteiger partial charge on any atom is -0.350 e. The van der Waals surface area contributed by atoms with E-state index in [4.69, 9.17) is 55.9 Å². The molecule has 0 bridgehead atoms. The maximum absolute atomic E-state index is 6.27.